The van der Waals surface area contributed by atoms with Crippen LogP contribution in [-0.2, 0) is 16.1 Å². The molecule has 1 unspecified atom stereocenters. The zero-order chi connectivity index (χ0) is 18.1. The number of nitrogens with zero attached hydrogens (tertiary/aromatic N) is 3. The summed E-state index contributed by atoms with van der Waals surface area (Å²) in [4.78, 5) is 27.0. The Bertz CT molecular complexity index is 830. The average Bonchev–Trinajstić information content (AvgIpc) is 2.95. The number of anilines is 2. The molecule has 132 valence electrons. The van der Waals surface area contributed by atoms with Crippen LogP contribution >= 0.6 is 11.6 Å². The third-order valence-electron chi connectivity index (χ3n) is 4.46. The predicted molar refractivity (Wildman–Crippen MR) is 98.0 cm³/mol. The number of hydrogen-bond acceptors (Lipinski definition) is 3. The molecule has 0 aliphatic carbocycles. The molecule has 0 radical (unpaired) electrons. The Morgan fingerprint density at radius 1 is 1.40 bits per heavy atom. The van der Waals surface area contributed by atoms with Crippen LogP contribution in [0.3, 0.4) is 0 Å². The van der Waals surface area contributed by atoms with E-state index in [1.807, 2.05) is 26.8 Å². The van der Waals surface area contributed by atoms with E-state index in [0.29, 0.717) is 35.9 Å². The van der Waals surface area contributed by atoms with E-state index in [0.717, 1.165) is 11.3 Å². The summed E-state index contributed by atoms with van der Waals surface area (Å²) in [6.07, 6.45) is 0.843. The van der Waals surface area contributed by atoms with Gasteiger partial charge in [0.15, 0.2) is 0 Å². The highest BCUT2D eigenvalue weighted by Gasteiger charge is 2.35. The van der Waals surface area contributed by atoms with Gasteiger partial charge in [-0.1, -0.05) is 24.6 Å². The Morgan fingerprint density at radius 2 is 2.16 bits per heavy atom. The number of benzene rings is 1. The standard InChI is InChI=1S/C18H21ClN4O2/c1-4-15(18(25)20-14-7-5-6-13(19)12(14)3)23-16-10-11(2)21-22(16)9-8-17(23)24/h5-7,10,15H,4,8-9H2,1-3H3,(H,20,25). The van der Waals surface area contributed by atoms with Gasteiger partial charge in [-0.3, -0.25) is 14.5 Å². The largest absolute Gasteiger partial charge is 0.324 e. The Hall–Kier alpha value is -2.34. The first-order valence-corrected chi connectivity index (χ1v) is 8.72. The van der Waals surface area contributed by atoms with Gasteiger partial charge in [0.05, 0.1) is 12.2 Å². The molecule has 2 heterocycles. The smallest absolute Gasteiger partial charge is 0.247 e. The molecule has 1 N–H and O–H groups in total. The van der Waals surface area contributed by atoms with Crippen LogP contribution in [-0.4, -0.2) is 27.6 Å². The van der Waals surface area contributed by atoms with Crippen LogP contribution in [0.25, 0.3) is 0 Å². The van der Waals surface area contributed by atoms with Gasteiger partial charge >= 0.3 is 0 Å². The maximum atomic E-state index is 12.9. The van der Waals surface area contributed by atoms with Crippen LogP contribution in [0.15, 0.2) is 24.3 Å². The van der Waals surface area contributed by atoms with Gasteiger partial charge < -0.3 is 5.32 Å². The van der Waals surface area contributed by atoms with E-state index in [-0.39, 0.29) is 11.8 Å². The van der Waals surface area contributed by atoms with Gasteiger partial charge in [-0.05, 0) is 38.0 Å². The topological polar surface area (TPSA) is 67.2 Å². The fraction of sp³-hybridized carbons (Fsp3) is 0.389. The highest BCUT2D eigenvalue weighted by Crippen LogP contribution is 2.28. The van der Waals surface area contributed by atoms with Crippen LogP contribution < -0.4 is 10.2 Å². The maximum Gasteiger partial charge on any atom is 0.247 e. The molecule has 7 heteroatoms. The molecule has 0 saturated heterocycles. The molecule has 25 heavy (non-hydrogen) atoms. The lowest BCUT2D eigenvalue weighted by atomic mass is 10.1. The van der Waals surface area contributed by atoms with E-state index >= 15 is 0 Å². The molecule has 0 spiro atoms. The summed E-state index contributed by atoms with van der Waals surface area (Å²) in [7, 11) is 0. The van der Waals surface area contributed by atoms with Gasteiger partial charge in [-0.15, -0.1) is 0 Å². The minimum absolute atomic E-state index is 0.0581. The van der Waals surface area contributed by atoms with E-state index in [9.17, 15) is 9.59 Å². The first-order chi connectivity index (χ1) is 11.9. The lowest BCUT2D eigenvalue weighted by Gasteiger charge is -2.33. The summed E-state index contributed by atoms with van der Waals surface area (Å²) in [6, 6.07) is 6.62. The van der Waals surface area contributed by atoms with Crippen molar-refractivity contribution in [3.8, 4) is 0 Å². The minimum atomic E-state index is -0.596. The minimum Gasteiger partial charge on any atom is -0.324 e. The van der Waals surface area contributed by atoms with Gasteiger partial charge in [0.2, 0.25) is 11.8 Å². The van der Waals surface area contributed by atoms with Crippen LogP contribution in [0.4, 0.5) is 11.5 Å². The van der Waals surface area contributed by atoms with Crippen molar-refractivity contribution in [3.05, 3.63) is 40.5 Å². The Morgan fingerprint density at radius 3 is 2.88 bits per heavy atom. The molecule has 3 rings (SSSR count). The summed E-state index contributed by atoms with van der Waals surface area (Å²) in [6.45, 7) is 6.17. The van der Waals surface area contributed by atoms with E-state index in [2.05, 4.69) is 10.4 Å². The summed E-state index contributed by atoms with van der Waals surface area (Å²) < 4.78 is 1.79. The predicted octanol–water partition coefficient (Wildman–Crippen LogP) is 3.31. The second kappa shape index (κ2) is 6.88. The molecule has 1 aromatic heterocycles. The number of fused-ring (bicyclic) bond motifs is 1. The van der Waals surface area contributed by atoms with E-state index in [1.165, 1.54) is 0 Å². The number of hydrogen-bond donors (Lipinski definition) is 1. The molecule has 1 aliphatic rings. The van der Waals surface area contributed by atoms with Gasteiger partial charge in [-0.25, -0.2) is 4.68 Å². The van der Waals surface area contributed by atoms with Crippen molar-refractivity contribution < 1.29 is 9.59 Å². The zero-order valence-corrected chi connectivity index (χ0v) is 15.3. The summed E-state index contributed by atoms with van der Waals surface area (Å²) >= 11 is 6.12. The van der Waals surface area contributed by atoms with Crippen LogP contribution in [0, 0.1) is 13.8 Å². The number of amides is 2. The first kappa shape index (κ1) is 17.5. The molecule has 0 fully saturated rings. The maximum absolute atomic E-state index is 12.9. The second-order valence-electron chi connectivity index (χ2n) is 6.21. The number of nitrogens with one attached hydrogen (secondary N) is 1. The van der Waals surface area contributed by atoms with Crippen molar-refractivity contribution >= 4 is 34.9 Å². The molecule has 0 bridgehead atoms. The highest BCUT2D eigenvalue weighted by atomic mass is 35.5. The number of carbonyl (C=O) groups excluding carboxylic acids is 2. The Labute approximate surface area is 151 Å². The van der Waals surface area contributed by atoms with Crippen LogP contribution in [0.2, 0.25) is 5.02 Å². The Kier molecular flexibility index (Phi) is 4.81. The molecular weight excluding hydrogens is 340 g/mol. The third-order valence-corrected chi connectivity index (χ3v) is 4.87. The highest BCUT2D eigenvalue weighted by molar-refractivity contribution is 6.31. The molecule has 6 nitrogen and oxygen atoms in total. The number of aromatic nitrogens is 2. The summed E-state index contributed by atoms with van der Waals surface area (Å²) in [5, 5.41) is 7.90. The number of rotatable bonds is 4. The average molecular weight is 361 g/mol. The monoisotopic (exact) mass is 360 g/mol. The lowest BCUT2D eigenvalue weighted by Crippen LogP contribution is -2.50. The van der Waals surface area contributed by atoms with Crippen LogP contribution in [0.1, 0.15) is 31.0 Å². The summed E-state index contributed by atoms with van der Waals surface area (Å²) in [5.74, 6) is 0.393. The fourth-order valence-electron chi connectivity index (χ4n) is 3.12. The van der Waals surface area contributed by atoms with Crippen molar-refractivity contribution in [2.45, 2.75) is 46.2 Å². The van der Waals surface area contributed by atoms with Gasteiger partial charge in [0.25, 0.3) is 0 Å². The van der Waals surface area contributed by atoms with E-state index in [4.69, 9.17) is 11.6 Å². The van der Waals surface area contributed by atoms with Crippen molar-refractivity contribution in [1.29, 1.82) is 0 Å². The number of halogens is 1. The SMILES string of the molecule is CCC(C(=O)Nc1cccc(Cl)c1C)N1C(=O)CCn2nc(C)cc21. The quantitative estimate of drug-likeness (QED) is 0.909. The van der Waals surface area contributed by atoms with E-state index < -0.39 is 6.04 Å². The molecule has 1 atom stereocenters. The summed E-state index contributed by atoms with van der Waals surface area (Å²) in [5.41, 5.74) is 2.29. The molecule has 1 aromatic carbocycles. The van der Waals surface area contributed by atoms with Crippen molar-refractivity contribution in [3.63, 3.8) is 0 Å². The molecular formula is C18H21ClN4O2. The molecule has 0 saturated carbocycles. The van der Waals surface area contributed by atoms with Crippen LogP contribution in [0.5, 0.6) is 0 Å². The van der Waals surface area contributed by atoms with Gasteiger partial charge in [0.1, 0.15) is 11.9 Å². The van der Waals surface area contributed by atoms with Gasteiger partial charge in [-0.2, -0.15) is 5.10 Å². The fourth-order valence-corrected chi connectivity index (χ4v) is 3.29. The first-order valence-electron chi connectivity index (χ1n) is 8.35. The van der Waals surface area contributed by atoms with Crippen molar-refractivity contribution in [2.75, 3.05) is 10.2 Å². The number of carbonyl (C=O) groups is 2. The van der Waals surface area contributed by atoms with Crippen molar-refractivity contribution in [1.82, 2.24) is 9.78 Å². The Balaban J connectivity index is 1.90. The van der Waals surface area contributed by atoms with E-state index in [1.54, 1.807) is 27.8 Å². The normalized spacial score (nSPS) is 15.0. The number of aryl methyl sites for hydroxylation is 2. The molecule has 1 aliphatic heterocycles. The molecule has 2 amide bonds. The van der Waals surface area contributed by atoms with Crippen molar-refractivity contribution in [2.24, 2.45) is 0 Å². The third kappa shape index (κ3) is 3.26. The van der Waals surface area contributed by atoms with Gasteiger partial charge in [0, 0.05) is 23.2 Å². The lowest BCUT2D eigenvalue weighted by molar-refractivity contribution is -0.124. The zero-order valence-electron chi connectivity index (χ0n) is 14.5. The second-order valence-corrected chi connectivity index (χ2v) is 6.61. The molecule has 2 aromatic rings.